The van der Waals surface area contributed by atoms with Gasteiger partial charge in [-0.15, -0.1) is 0 Å². The van der Waals surface area contributed by atoms with Crippen LogP contribution in [0.3, 0.4) is 0 Å². The fourth-order valence-electron chi connectivity index (χ4n) is 5.08. The Morgan fingerprint density at radius 1 is 0.625 bits per heavy atom. The van der Waals surface area contributed by atoms with E-state index in [2.05, 4.69) is 31.7 Å². The van der Waals surface area contributed by atoms with Gasteiger partial charge in [0.05, 0.1) is 12.4 Å². The molecular formula is C30H28N6O4. The molecule has 2 aliphatic rings. The Hall–Kier alpha value is -5.12. The highest BCUT2D eigenvalue weighted by Crippen LogP contribution is 2.30. The molecule has 2 fully saturated rings. The number of benzene rings is 3. The molecule has 40 heavy (non-hydrogen) atoms. The van der Waals surface area contributed by atoms with Gasteiger partial charge in [-0.05, 0) is 11.1 Å². The minimum atomic E-state index is -0.890. The summed E-state index contributed by atoms with van der Waals surface area (Å²) in [6.07, 6.45) is 2.89. The molecule has 0 radical (unpaired) electrons. The Bertz CT molecular complexity index is 1350. The van der Waals surface area contributed by atoms with Gasteiger partial charge in [-0.3, -0.25) is 19.2 Å². The van der Waals surface area contributed by atoms with Crippen LogP contribution < -0.4 is 21.5 Å². The number of carbonyl (C=O) groups is 4. The highest BCUT2D eigenvalue weighted by molar-refractivity contribution is 6.04. The Kier molecular flexibility index (Phi) is 8.05. The van der Waals surface area contributed by atoms with Crippen molar-refractivity contribution in [2.45, 2.75) is 11.8 Å². The molecule has 202 valence electrons. The largest absolute Gasteiger partial charge is 0.355 e. The van der Waals surface area contributed by atoms with E-state index in [-0.39, 0.29) is 23.7 Å². The Balaban J connectivity index is 1.22. The number of hydrazone groups is 2. The molecule has 0 aromatic heterocycles. The summed E-state index contributed by atoms with van der Waals surface area (Å²) in [4.78, 5) is 50.5. The maximum atomic E-state index is 12.9. The van der Waals surface area contributed by atoms with Crippen molar-refractivity contribution in [1.29, 1.82) is 0 Å². The van der Waals surface area contributed by atoms with Crippen LogP contribution in [0.25, 0.3) is 0 Å². The van der Waals surface area contributed by atoms with Gasteiger partial charge < -0.3 is 10.6 Å². The van der Waals surface area contributed by atoms with E-state index < -0.39 is 23.7 Å². The predicted molar refractivity (Wildman–Crippen MR) is 149 cm³/mol. The molecule has 2 aliphatic heterocycles. The van der Waals surface area contributed by atoms with E-state index >= 15 is 0 Å². The van der Waals surface area contributed by atoms with Crippen LogP contribution in [-0.4, -0.2) is 49.1 Å². The van der Waals surface area contributed by atoms with Crippen LogP contribution in [0.5, 0.6) is 0 Å². The third kappa shape index (κ3) is 5.80. The molecule has 2 saturated heterocycles. The zero-order valence-electron chi connectivity index (χ0n) is 21.5. The minimum absolute atomic E-state index is 0.282. The minimum Gasteiger partial charge on any atom is -0.355 e. The lowest BCUT2D eigenvalue weighted by molar-refractivity contribution is -0.135. The second kappa shape index (κ2) is 12.2. The van der Waals surface area contributed by atoms with E-state index in [4.69, 9.17) is 0 Å². The van der Waals surface area contributed by atoms with Gasteiger partial charge in [0, 0.05) is 36.1 Å². The van der Waals surface area contributed by atoms with Crippen molar-refractivity contribution in [3.63, 3.8) is 0 Å². The molecule has 3 aromatic carbocycles. The maximum Gasteiger partial charge on any atom is 0.253 e. The SMILES string of the molecule is O=C1NC[C@H](c2ccccc2)[C@H]1C(=O)N/N=C\c1ccccc1/C=N/NC(=O)[C@@H]1C(=O)NC[C@@H]1c1ccccc1. The Labute approximate surface area is 230 Å². The molecule has 0 bridgehead atoms. The van der Waals surface area contributed by atoms with Crippen LogP contribution >= 0.6 is 0 Å². The van der Waals surface area contributed by atoms with Crippen molar-refractivity contribution >= 4 is 36.1 Å². The maximum absolute atomic E-state index is 12.9. The summed E-state index contributed by atoms with van der Waals surface area (Å²) in [5, 5.41) is 13.6. The second-order valence-corrected chi connectivity index (χ2v) is 9.58. The van der Waals surface area contributed by atoms with Crippen molar-refractivity contribution in [1.82, 2.24) is 21.5 Å². The smallest absolute Gasteiger partial charge is 0.253 e. The van der Waals surface area contributed by atoms with Crippen LogP contribution in [0.1, 0.15) is 34.1 Å². The number of amides is 4. The molecule has 0 aliphatic carbocycles. The van der Waals surface area contributed by atoms with Gasteiger partial charge in [0.25, 0.3) is 11.8 Å². The Morgan fingerprint density at radius 2 is 1.00 bits per heavy atom. The fourth-order valence-corrected chi connectivity index (χ4v) is 5.08. The Morgan fingerprint density at radius 3 is 1.40 bits per heavy atom. The molecule has 4 amide bonds. The van der Waals surface area contributed by atoms with Gasteiger partial charge in [-0.1, -0.05) is 84.9 Å². The van der Waals surface area contributed by atoms with E-state index in [1.807, 2.05) is 60.7 Å². The van der Waals surface area contributed by atoms with Gasteiger partial charge in [-0.25, -0.2) is 10.9 Å². The van der Waals surface area contributed by atoms with Gasteiger partial charge in [0.2, 0.25) is 11.8 Å². The predicted octanol–water partition coefficient (Wildman–Crippen LogP) is 1.65. The molecule has 3 aromatic rings. The van der Waals surface area contributed by atoms with Crippen LogP contribution in [0.4, 0.5) is 0 Å². The highest BCUT2D eigenvalue weighted by atomic mass is 16.2. The average molecular weight is 537 g/mol. The summed E-state index contributed by atoms with van der Waals surface area (Å²) in [5.41, 5.74) is 8.00. The molecular weight excluding hydrogens is 508 g/mol. The summed E-state index contributed by atoms with van der Waals surface area (Å²) in [6, 6.07) is 25.9. The van der Waals surface area contributed by atoms with Gasteiger partial charge in [0.15, 0.2) is 0 Å². The van der Waals surface area contributed by atoms with Crippen LogP contribution in [0.15, 0.2) is 95.1 Å². The number of hydrogen-bond donors (Lipinski definition) is 4. The lowest BCUT2D eigenvalue weighted by atomic mass is 9.88. The third-order valence-electron chi connectivity index (χ3n) is 7.14. The van der Waals surface area contributed by atoms with Crippen molar-refractivity contribution in [3.8, 4) is 0 Å². The molecule has 10 nitrogen and oxygen atoms in total. The van der Waals surface area contributed by atoms with Gasteiger partial charge in [-0.2, -0.15) is 10.2 Å². The summed E-state index contributed by atoms with van der Waals surface area (Å²) in [6.45, 7) is 0.758. The van der Waals surface area contributed by atoms with Crippen molar-refractivity contribution in [2.75, 3.05) is 13.1 Å². The summed E-state index contributed by atoms with van der Waals surface area (Å²) in [7, 11) is 0. The van der Waals surface area contributed by atoms with Crippen molar-refractivity contribution < 1.29 is 19.2 Å². The number of hydrogen-bond acceptors (Lipinski definition) is 6. The van der Waals surface area contributed by atoms with E-state index in [9.17, 15) is 19.2 Å². The topological polar surface area (TPSA) is 141 Å². The van der Waals surface area contributed by atoms with E-state index in [0.717, 1.165) is 11.1 Å². The van der Waals surface area contributed by atoms with Crippen LogP contribution in [0.2, 0.25) is 0 Å². The molecule has 0 unspecified atom stereocenters. The molecule has 0 saturated carbocycles. The number of carbonyl (C=O) groups excluding carboxylic acids is 4. The average Bonchev–Trinajstić information content (AvgIpc) is 3.57. The lowest BCUT2D eigenvalue weighted by Crippen LogP contribution is -2.34. The molecule has 4 N–H and O–H groups in total. The zero-order chi connectivity index (χ0) is 27.9. The lowest BCUT2D eigenvalue weighted by Gasteiger charge is -2.15. The second-order valence-electron chi connectivity index (χ2n) is 9.58. The first kappa shape index (κ1) is 26.5. The molecule has 0 spiro atoms. The monoisotopic (exact) mass is 536 g/mol. The van der Waals surface area contributed by atoms with Crippen LogP contribution in [0, 0.1) is 11.8 Å². The molecule has 2 heterocycles. The van der Waals surface area contributed by atoms with E-state index in [0.29, 0.717) is 24.2 Å². The first-order valence-corrected chi connectivity index (χ1v) is 12.9. The van der Waals surface area contributed by atoms with E-state index in [1.165, 1.54) is 12.4 Å². The summed E-state index contributed by atoms with van der Waals surface area (Å²) in [5.74, 6) is -4.02. The zero-order valence-corrected chi connectivity index (χ0v) is 21.5. The number of nitrogens with one attached hydrogen (secondary N) is 4. The highest BCUT2D eigenvalue weighted by Gasteiger charge is 2.42. The normalized spacial score (nSPS) is 22.3. The van der Waals surface area contributed by atoms with Crippen molar-refractivity contribution in [2.24, 2.45) is 22.0 Å². The fraction of sp³-hybridized carbons (Fsp3) is 0.200. The first-order chi connectivity index (χ1) is 19.5. The summed E-state index contributed by atoms with van der Waals surface area (Å²) >= 11 is 0. The van der Waals surface area contributed by atoms with Crippen molar-refractivity contribution in [3.05, 3.63) is 107 Å². The van der Waals surface area contributed by atoms with Gasteiger partial charge >= 0.3 is 0 Å². The first-order valence-electron chi connectivity index (χ1n) is 12.9. The molecule has 5 rings (SSSR count). The summed E-state index contributed by atoms with van der Waals surface area (Å²) < 4.78 is 0. The molecule has 10 heteroatoms. The number of rotatable bonds is 8. The van der Waals surface area contributed by atoms with E-state index in [1.54, 1.807) is 24.3 Å². The number of nitrogens with zero attached hydrogens (tertiary/aromatic N) is 2. The van der Waals surface area contributed by atoms with Crippen LogP contribution in [-0.2, 0) is 19.2 Å². The standard InChI is InChI=1S/C30H28N6O4/c37-27-25(23(17-31-27)19-9-3-1-4-10-19)29(39)35-33-15-21-13-7-8-14-22(21)16-34-36-30(40)26-24(18-32-28(26)38)20-11-5-2-6-12-20/h1-16,23-26H,17-18H2,(H,31,37)(H,32,38)(H,35,39)(H,36,40)/b33-15-,34-16+/t23-,24-,25-,26+/m1/s1. The third-order valence-corrected chi connectivity index (χ3v) is 7.14. The quantitative estimate of drug-likeness (QED) is 0.197. The molecule has 4 atom stereocenters. The van der Waals surface area contributed by atoms with Gasteiger partial charge in [0.1, 0.15) is 11.8 Å².